The van der Waals surface area contributed by atoms with E-state index in [1.54, 1.807) is 0 Å². The number of carboxylic acids is 1. The molecule has 3 heterocycles. The molecule has 21 heavy (non-hydrogen) atoms. The number of carbonyl (C=O) groups is 1. The monoisotopic (exact) mass is 284 g/mol. The van der Waals surface area contributed by atoms with Gasteiger partial charge in [-0.3, -0.25) is 0 Å². The van der Waals surface area contributed by atoms with Crippen LogP contribution in [-0.2, 0) is 0 Å². The Morgan fingerprint density at radius 1 is 1.14 bits per heavy atom. The molecule has 0 spiro atoms. The van der Waals surface area contributed by atoms with Crippen molar-refractivity contribution in [1.29, 1.82) is 0 Å². The van der Waals surface area contributed by atoms with E-state index in [2.05, 4.69) is 16.5 Å². The molecule has 4 heteroatoms. The van der Waals surface area contributed by atoms with Crippen LogP contribution in [0.4, 0.5) is 0 Å². The van der Waals surface area contributed by atoms with Crippen molar-refractivity contribution in [2.45, 2.75) is 43.8 Å². The lowest BCUT2D eigenvalue weighted by Crippen LogP contribution is -2.40. The second-order valence-electron chi connectivity index (χ2n) is 6.45. The molecule has 0 saturated carbocycles. The third-order valence-electron chi connectivity index (χ3n) is 5.44. The van der Waals surface area contributed by atoms with Gasteiger partial charge in [0.25, 0.3) is 0 Å². The molecule has 2 fully saturated rings. The first-order chi connectivity index (χ1) is 10.1. The number of hydrogen-bond donors (Lipinski definition) is 1. The fourth-order valence-electron chi connectivity index (χ4n) is 4.29. The number of hydrogen-bond acceptors (Lipinski definition) is 2. The Kier molecular flexibility index (Phi) is 2.82. The molecule has 1 aromatic heterocycles. The Hall–Kier alpha value is -1.81. The summed E-state index contributed by atoms with van der Waals surface area (Å²) in [7, 11) is 2.23. The number of aromatic nitrogens is 1. The maximum atomic E-state index is 11.5. The van der Waals surface area contributed by atoms with Crippen molar-refractivity contribution in [3.63, 3.8) is 0 Å². The molecule has 2 bridgehead atoms. The molecule has 1 aromatic carbocycles. The van der Waals surface area contributed by atoms with Crippen molar-refractivity contribution < 1.29 is 9.90 Å². The molecule has 1 N–H and O–H groups in total. The van der Waals surface area contributed by atoms with Crippen LogP contribution in [0.15, 0.2) is 30.5 Å². The van der Waals surface area contributed by atoms with E-state index in [0.29, 0.717) is 23.7 Å². The minimum Gasteiger partial charge on any atom is -0.478 e. The summed E-state index contributed by atoms with van der Waals surface area (Å²) in [6.45, 7) is 0. The van der Waals surface area contributed by atoms with Gasteiger partial charge in [0.1, 0.15) is 0 Å². The number of rotatable bonds is 2. The molecule has 2 aliphatic rings. The van der Waals surface area contributed by atoms with Crippen LogP contribution >= 0.6 is 0 Å². The normalized spacial score (nSPS) is 29.1. The van der Waals surface area contributed by atoms with E-state index in [-0.39, 0.29) is 0 Å². The van der Waals surface area contributed by atoms with Crippen molar-refractivity contribution >= 4 is 16.9 Å². The SMILES string of the molecule is CN1[C@@H]2CC[C@H]1C[C@@H](n1cc(C(=O)O)c3ccccc31)C2. The van der Waals surface area contributed by atoms with Gasteiger partial charge in [0.05, 0.1) is 5.56 Å². The van der Waals surface area contributed by atoms with E-state index in [4.69, 9.17) is 0 Å². The van der Waals surface area contributed by atoms with E-state index in [1.165, 1.54) is 12.8 Å². The van der Waals surface area contributed by atoms with Crippen LogP contribution in [-0.4, -0.2) is 39.7 Å². The van der Waals surface area contributed by atoms with Gasteiger partial charge in [-0.1, -0.05) is 18.2 Å². The molecule has 2 aliphatic heterocycles. The first kappa shape index (κ1) is 12.9. The zero-order chi connectivity index (χ0) is 14.6. The Labute approximate surface area is 124 Å². The molecule has 0 unspecified atom stereocenters. The predicted octanol–water partition coefficient (Wildman–Crippen LogP) is 3.14. The fraction of sp³-hybridized carbons (Fsp3) is 0.471. The summed E-state index contributed by atoms with van der Waals surface area (Å²) >= 11 is 0. The van der Waals surface area contributed by atoms with Gasteiger partial charge >= 0.3 is 5.97 Å². The predicted molar refractivity (Wildman–Crippen MR) is 81.7 cm³/mol. The highest BCUT2D eigenvalue weighted by atomic mass is 16.4. The van der Waals surface area contributed by atoms with Crippen molar-refractivity contribution in [2.24, 2.45) is 0 Å². The van der Waals surface area contributed by atoms with E-state index < -0.39 is 5.97 Å². The Morgan fingerprint density at radius 2 is 1.81 bits per heavy atom. The Balaban J connectivity index is 1.79. The van der Waals surface area contributed by atoms with Crippen LogP contribution < -0.4 is 0 Å². The third kappa shape index (κ3) is 1.89. The maximum Gasteiger partial charge on any atom is 0.337 e. The lowest BCUT2D eigenvalue weighted by atomic mass is 9.97. The van der Waals surface area contributed by atoms with Gasteiger partial charge in [-0.15, -0.1) is 0 Å². The van der Waals surface area contributed by atoms with E-state index in [9.17, 15) is 9.90 Å². The topological polar surface area (TPSA) is 45.5 Å². The standard InChI is InChI=1S/C17H20N2O2/c1-18-11-6-7-12(18)9-13(8-11)19-10-15(17(20)21)14-4-2-3-5-16(14)19/h2-5,10-13H,6-9H2,1H3,(H,20,21)/t11-,12+,13+. The number of carboxylic acid groups (broad SMARTS) is 1. The highest BCUT2D eigenvalue weighted by Crippen LogP contribution is 2.41. The van der Waals surface area contributed by atoms with Crippen LogP contribution in [0, 0.1) is 0 Å². The van der Waals surface area contributed by atoms with Crippen molar-refractivity contribution in [2.75, 3.05) is 7.05 Å². The molecule has 110 valence electrons. The zero-order valence-corrected chi connectivity index (χ0v) is 12.2. The summed E-state index contributed by atoms with van der Waals surface area (Å²) < 4.78 is 2.22. The summed E-state index contributed by atoms with van der Waals surface area (Å²) in [6.07, 6.45) is 6.67. The van der Waals surface area contributed by atoms with Crippen molar-refractivity contribution in [3.05, 3.63) is 36.0 Å². The Bertz CT molecular complexity index is 692. The lowest BCUT2D eigenvalue weighted by Gasteiger charge is -2.37. The highest BCUT2D eigenvalue weighted by molar-refractivity contribution is 6.03. The number of para-hydroxylation sites is 1. The van der Waals surface area contributed by atoms with Gasteiger partial charge in [0, 0.05) is 35.2 Å². The Morgan fingerprint density at radius 3 is 2.48 bits per heavy atom. The van der Waals surface area contributed by atoms with Gasteiger partial charge in [-0.05, 0) is 38.8 Å². The van der Waals surface area contributed by atoms with Gasteiger partial charge in [0.15, 0.2) is 0 Å². The minimum atomic E-state index is -0.833. The summed E-state index contributed by atoms with van der Waals surface area (Å²) in [5.41, 5.74) is 1.49. The molecule has 0 radical (unpaired) electrons. The fourth-order valence-corrected chi connectivity index (χ4v) is 4.29. The van der Waals surface area contributed by atoms with Crippen molar-refractivity contribution in [1.82, 2.24) is 9.47 Å². The van der Waals surface area contributed by atoms with Gasteiger partial charge < -0.3 is 14.6 Å². The van der Waals surface area contributed by atoms with E-state index in [0.717, 1.165) is 23.7 Å². The highest BCUT2D eigenvalue weighted by Gasteiger charge is 2.39. The molecule has 2 aromatic rings. The molecule has 3 atom stereocenters. The summed E-state index contributed by atoms with van der Waals surface area (Å²) in [6, 6.07) is 9.61. The number of aromatic carboxylic acids is 1. The van der Waals surface area contributed by atoms with Gasteiger partial charge in [-0.25, -0.2) is 4.79 Å². The number of fused-ring (bicyclic) bond motifs is 3. The van der Waals surface area contributed by atoms with E-state index >= 15 is 0 Å². The maximum absolute atomic E-state index is 11.5. The minimum absolute atomic E-state index is 0.428. The van der Waals surface area contributed by atoms with Gasteiger partial charge in [0.2, 0.25) is 0 Å². The van der Waals surface area contributed by atoms with Gasteiger partial charge in [-0.2, -0.15) is 0 Å². The molecule has 2 saturated heterocycles. The van der Waals surface area contributed by atoms with Crippen molar-refractivity contribution in [3.8, 4) is 0 Å². The molecule has 0 aliphatic carbocycles. The molecular weight excluding hydrogens is 264 g/mol. The van der Waals surface area contributed by atoms with Crippen LogP contribution in [0.1, 0.15) is 42.1 Å². The molecule has 4 nitrogen and oxygen atoms in total. The largest absolute Gasteiger partial charge is 0.478 e. The second-order valence-corrected chi connectivity index (χ2v) is 6.45. The van der Waals surface area contributed by atoms with Crippen LogP contribution in [0.25, 0.3) is 10.9 Å². The lowest BCUT2D eigenvalue weighted by molar-refractivity contribution is 0.0698. The van der Waals surface area contributed by atoms with Crippen LogP contribution in [0.3, 0.4) is 0 Å². The second kappa shape index (κ2) is 4.60. The zero-order valence-electron chi connectivity index (χ0n) is 12.2. The summed E-state index contributed by atoms with van der Waals surface area (Å²) in [5, 5.41) is 10.3. The van der Waals surface area contributed by atoms with Crippen LogP contribution in [0.2, 0.25) is 0 Å². The number of piperidine rings is 1. The average molecular weight is 284 g/mol. The first-order valence-electron chi connectivity index (χ1n) is 7.70. The van der Waals surface area contributed by atoms with E-state index in [1.807, 2.05) is 30.5 Å². The summed E-state index contributed by atoms with van der Waals surface area (Å²) in [4.78, 5) is 14.0. The molecule has 0 amide bonds. The first-order valence-corrected chi connectivity index (χ1v) is 7.70. The third-order valence-corrected chi connectivity index (χ3v) is 5.44. The van der Waals surface area contributed by atoms with Crippen LogP contribution in [0.5, 0.6) is 0 Å². The smallest absolute Gasteiger partial charge is 0.337 e. The quantitative estimate of drug-likeness (QED) is 0.921. The molecular formula is C17H20N2O2. The number of nitrogens with zero attached hydrogens (tertiary/aromatic N) is 2. The number of benzene rings is 1. The average Bonchev–Trinajstić information content (AvgIpc) is 2.93. The summed E-state index contributed by atoms with van der Waals surface area (Å²) in [5.74, 6) is -0.833. The molecule has 4 rings (SSSR count).